The fourth-order valence-electron chi connectivity index (χ4n) is 2.31. The Kier molecular flexibility index (Phi) is 5.46. The van der Waals surface area contributed by atoms with Gasteiger partial charge in [0.2, 0.25) is 0 Å². The quantitative estimate of drug-likeness (QED) is 0.784. The summed E-state index contributed by atoms with van der Waals surface area (Å²) in [6.07, 6.45) is 2.93. The van der Waals surface area contributed by atoms with E-state index in [1.807, 2.05) is 19.9 Å². The second-order valence-corrected chi connectivity index (χ2v) is 6.08. The zero-order valence-corrected chi connectivity index (χ0v) is 12.9. The second-order valence-electron chi connectivity index (χ2n) is 6.08. The number of benzene rings is 1. The molecule has 1 heterocycles. The molecule has 4 nitrogen and oxygen atoms in total. The third-order valence-electron chi connectivity index (χ3n) is 3.66. The van der Waals surface area contributed by atoms with Crippen molar-refractivity contribution in [2.45, 2.75) is 33.1 Å². The molecule has 0 atom stereocenters. The minimum Gasteiger partial charge on any atom is -0.486 e. The van der Waals surface area contributed by atoms with Crippen LogP contribution in [0.1, 0.15) is 32.3 Å². The maximum atomic E-state index is 8.95. The molecule has 21 heavy (non-hydrogen) atoms. The molecule has 0 amide bonds. The van der Waals surface area contributed by atoms with E-state index in [4.69, 9.17) is 14.7 Å². The van der Waals surface area contributed by atoms with Gasteiger partial charge in [-0.1, -0.05) is 6.07 Å². The van der Waals surface area contributed by atoms with Crippen LogP contribution in [0.2, 0.25) is 0 Å². The highest BCUT2D eigenvalue weighted by Gasteiger charge is 2.15. The number of hydrogen-bond donors (Lipinski definition) is 1. The van der Waals surface area contributed by atoms with E-state index in [0.29, 0.717) is 13.2 Å². The Hall–Kier alpha value is -1.73. The third kappa shape index (κ3) is 4.95. The Morgan fingerprint density at radius 2 is 1.95 bits per heavy atom. The van der Waals surface area contributed by atoms with E-state index in [1.54, 1.807) is 0 Å². The Balaban J connectivity index is 1.66. The zero-order valence-electron chi connectivity index (χ0n) is 12.9. The number of ether oxygens (including phenoxy) is 2. The molecule has 1 N–H and O–H groups in total. The molecule has 0 radical (unpaired) electrons. The molecule has 0 saturated heterocycles. The molecule has 0 aromatic heterocycles. The second kappa shape index (κ2) is 7.33. The van der Waals surface area contributed by atoms with E-state index in [9.17, 15) is 0 Å². The van der Waals surface area contributed by atoms with Crippen molar-refractivity contribution in [3.05, 3.63) is 23.8 Å². The molecule has 0 aliphatic carbocycles. The fraction of sp³-hybridized carbons (Fsp3) is 0.588. The highest BCUT2D eigenvalue weighted by Crippen LogP contribution is 2.30. The normalized spacial score (nSPS) is 13.8. The van der Waals surface area contributed by atoms with Crippen LogP contribution >= 0.6 is 0 Å². The lowest BCUT2D eigenvalue weighted by atomic mass is 9.90. The third-order valence-corrected chi connectivity index (χ3v) is 3.66. The maximum absolute atomic E-state index is 8.95. The van der Waals surface area contributed by atoms with Gasteiger partial charge in [0.05, 0.1) is 11.5 Å². The molecule has 0 bridgehead atoms. The van der Waals surface area contributed by atoms with Gasteiger partial charge >= 0.3 is 0 Å². The van der Waals surface area contributed by atoms with Crippen LogP contribution in [-0.2, 0) is 6.42 Å². The van der Waals surface area contributed by atoms with Crippen molar-refractivity contribution in [2.24, 2.45) is 5.41 Å². The number of nitrogens with zero attached hydrogens (tertiary/aromatic N) is 1. The SMILES string of the molecule is CC(C)(C#N)CCCNCCc1ccc2c(c1)OCCO2. The number of rotatable bonds is 7. The van der Waals surface area contributed by atoms with Crippen LogP contribution in [0.15, 0.2) is 18.2 Å². The summed E-state index contributed by atoms with van der Waals surface area (Å²) >= 11 is 0. The molecule has 1 aliphatic rings. The molecule has 0 unspecified atom stereocenters. The van der Waals surface area contributed by atoms with Crippen LogP contribution in [0.5, 0.6) is 11.5 Å². The Morgan fingerprint density at radius 3 is 2.71 bits per heavy atom. The number of fused-ring (bicyclic) bond motifs is 1. The minimum absolute atomic E-state index is 0.211. The molecule has 1 aliphatic heterocycles. The maximum Gasteiger partial charge on any atom is 0.161 e. The molecular formula is C17H24N2O2. The first-order valence-corrected chi connectivity index (χ1v) is 7.61. The molecule has 1 aromatic rings. The first-order valence-electron chi connectivity index (χ1n) is 7.61. The van der Waals surface area contributed by atoms with Gasteiger partial charge in [0.15, 0.2) is 11.5 Å². The van der Waals surface area contributed by atoms with Gasteiger partial charge in [0.25, 0.3) is 0 Å². The van der Waals surface area contributed by atoms with Gasteiger partial charge in [-0.15, -0.1) is 0 Å². The van der Waals surface area contributed by atoms with Gasteiger partial charge in [-0.25, -0.2) is 0 Å². The molecule has 0 saturated carbocycles. The van der Waals surface area contributed by atoms with Crippen LogP contribution in [0.3, 0.4) is 0 Å². The Morgan fingerprint density at radius 1 is 1.19 bits per heavy atom. The number of nitrogens with one attached hydrogen (secondary N) is 1. The van der Waals surface area contributed by atoms with Crippen molar-refractivity contribution in [3.63, 3.8) is 0 Å². The summed E-state index contributed by atoms with van der Waals surface area (Å²) < 4.78 is 11.1. The molecule has 4 heteroatoms. The topological polar surface area (TPSA) is 54.3 Å². The van der Waals surface area contributed by atoms with Crippen molar-refractivity contribution in [1.82, 2.24) is 5.32 Å². The molecule has 0 spiro atoms. The van der Waals surface area contributed by atoms with E-state index in [2.05, 4.69) is 23.5 Å². The predicted molar refractivity (Wildman–Crippen MR) is 82.6 cm³/mol. The summed E-state index contributed by atoms with van der Waals surface area (Å²) in [5.74, 6) is 1.70. The molecule has 114 valence electrons. The minimum atomic E-state index is -0.211. The average molecular weight is 288 g/mol. The summed E-state index contributed by atoms with van der Waals surface area (Å²) in [5, 5.41) is 12.4. The first kappa shape index (κ1) is 15.7. The monoisotopic (exact) mass is 288 g/mol. The lowest BCUT2D eigenvalue weighted by Gasteiger charge is -2.19. The summed E-state index contributed by atoms with van der Waals surface area (Å²) in [5.41, 5.74) is 1.04. The highest BCUT2D eigenvalue weighted by molar-refractivity contribution is 5.43. The van der Waals surface area contributed by atoms with Crippen molar-refractivity contribution in [3.8, 4) is 17.6 Å². The summed E-state index contributed by atoms with van der Waals surface area (Å²) in [4.78, 5) is 0. The van der Waals surface area contributed by atoms with Crippen molar-refractivity contribution < 1.29 is 9.47 Å². The molecule has 2 rings (SSSR count). The highest BCUT2D eigenvalue weighted by atomic mass is 16.6. The van der Waals surface area contributed by atoms with Crippen LogP contribution in [-0.4, -0.2) is 26.3 Å². The summed E-state index contributed by atoms with van der Waals surface area (Å²) in [6, 6.07) is 8.47. The number of hydrogen-bond acceptors (Lipinski definition) is 4. The van der Waals surface area contributed by atoms with Crippen molar-refractivity contribution >= 4 is 0 Å². The predicted octanol–water partition coefficient (Wildman–Crippen LogP) is 2.92. The van der Waals surface area contributed by atoms with Gasteiger partial charge in [-0.05, 0) is 63.9 Å². The average Bonchev–Trinajstić information content (AvgIpc) is 2.50. The van der Waals surface area contributed by atoms with E-state index in [1.165, 1.54) is 5.56 Å². The van der Waals surface area contributed by atoms with Crippen molar-refractivity contribution in [1.29, 1.82) is 5.26 Å². The van der Waals surface area contributed by atoms with E-state index in [0.717, 1.165) is 43.9 Å². The largest absolute Gasteiger partial charge is 0.486 e. The van der Waals surface area contributed by atoms with E-state index < -0.39 is 0 Å². The van der Waals surface area contributed by atoms with Gasteiger partial charge in [-0.2, -0.15) is 5.26 Å². The van der Waals surface area contributed by atoms with Crippen LogP contribution in [0.25, 0.3) is 0 Å². The molecule has 0 fully saturated rings. The number of nitriles is 1. The van der Waals surface area contributed by atoms with Gasteiger partial charge < -0.3 is 14.8 Å². The van der Waals surface area contributed by atoms with Gasteiger partial charge in [0, 0.05) is 0 Å². The lowest BCUT2D eigenvalue weighted by molar-refractivity contribution is 0.171. The first-order chi connectivity index (χ1) is 10.1. The Labute approximate surface area is 127 Å². The summed E-state index contributed by atoms with van der Waals surface area (Å²) in [7, 11) is 0. The standard InChI is InChI=1S/C17H24N2O2/c1-17(2,13-18)7-3-8-19-9-6-14-4-5-15-16(12-14)21-11-10-20-15/h4-5,12,19H,3,6-11H2,1-2H3. The van der Waals surface area contributed by atoms with Crippen LogP contribution in [0, 0.1) is 16.7 Å². The Bertz CT molecular complexity index is 506. The van der Waals surface area contributed by atoms with E-state index in [-0.39, 0.29) is 5.41 Å². The lowest BCUT2D eigenvalue weighted by Crippen LogP contribution is -2.20. The van der Waals surface area contributed by atoms with E-state index >= 15 is 0 Å². The summed E-state index contributed by atoms with van der Waals surface area (Å²) in [6.45, 7) is 7.13. The fourth-order valence-corrected chi connectivity index (χ4v) is 2.31. The van der Waals surface area contributed by atoms with Crippen LogP contribution in [0.4, 0.5) is 0 Å². The zero-order chi connectivity index (χ0) is 15.1. The van der Waals surface area contributed by atoms with Gasteiger partial charge in [-0.3, -0.25) is 0 Å². The van der Waals surface area contributed by atoms with Crippen LogP contribution < -0.4 is 14.8 Å². The molecule has 1 aromatic carbocycles. The van der Waals surface area contributed by atoms with Crippen molar-refractivity contribution in [2.75, 3.05) is 26.3 Å². The molecular weight excluding hydrogens is 264 g/mol. The van der Waals surface area contributed by atoms with Gasteiger partial charge in [0.1, 0.15) is 13.2 Å². The smallest absolute Gasteiger partial charge is 0.161 e.